The molecule has 1 heterocycles. The van der Waals surface area contributed by atoms with Crippen LogP contribution >= 0.6 is 0 Å². The number of nitrogens with one attached hydrogen (secondary N) is 1. The van der Waals surface area contributed by atoms with Crippen LogP contribution in [0.1, 0.15) is 44.2 Å². The van der Waals surface area contributed by atoms with Crippen molar-refractivity contribution in [2.24, 2.45) is 5.92 Å². The van der Waals surface area contributed by atoms with E-state index in [1.54, 1.807) is 12.1 Å². The summed E-state index contributed by atoms with van der Waals surface area (Å²) >= 11 is 0. The van der Waals surface area contributed by atoms with Crippen LogP contribution in [0, 0.1) is 11.7 Å². The normalized spacial score (nSPS) is 28.5. The third-order valence-electron chi connectivity index (χ3n) is 4.32. The van der Waals surface area contributed by atoms with E-state index in [0.717, 1.165) is 25.4 Å². The van der Waals surface area contributed by atoms with Crippen molar-refractivity contribution in [3.63, 3.8) is 0 Å². The largest absolute Gasteiger partial charge is 0.376 e. The van der Waals surface area contributed by atoms with Crippen molar-refractivity contribution in [2.75, 3.05) is 6.61 Å². The van der Waals surface area contributed by atoms with Gasteiger partial charge in [0, 0.05) is 18.7 Å². The second-order valence-corrected chi connectivity index (χ2v) is 5.75. The van der Waals surface area contributed by atoms with E-state index in [-0.39, 0.29) is 5.82 Å². The molecule has 1 N–H and O–H groups in total. The minimum absolute atomic E-state index is 0.168. The number of hydrogen-bond donors (Lipinski definition) is 1. The molecule has 3 atom stereocenters. The summed E-state index contributed by atoms with van der Waals surface area (Å²) in [5.74, 6) is 0.601. The average molecular weight is 263 g/mol. The Bertz CT molecular complexity index is 415. The van der Waals surface area contributed by atoms with Gasteiger partial charge in [-0.3, -0.25) is 0 Å². The second-order valence-electron chi connectivity index (χ2n) is 5.75. The maximum absolute atomic E-state index is 13.0. The van der Waals surface area contributed by atoms with Crippen LogP contribution in [0.15, 0.2) is 24.3 Å². The lowest BCUT2D eigenvalue weighted by molar-refractivity contribution is 0.0787. The van der Waals surface area contributed by atoms with Crippen molar-refractivity contribution in [3.8, 4) is 0 Å². The molecule has 3 rings (SSSR count). The van der Waals surface area contributed by atoms with Gasteiger partial charge in [-0.25, -0.2) is 4.39 Å². The van der Waals surface area contributed by atoms with Crippen molar-refractivity contribution < 1.29 is 9.13 Å². The van der Waals surface area contributed by atoms with Gasteiger partial charge in [0.2, 0.25) is 0 Å². The first-order valence-electron chi connectivity index (χ1n) is 7.41. The van der Waals surface area contributed by atoms with Crippen molar-refractivity contribution in [1.82, 2.24) is 5.32 Å². The van der Waals surface area contributed by atoms with Crippen LogP contribution < -0.4 is 5.32 Å². The maximum atomic E-state index is 13.0. The molecule has 1 aliphatic carbocycles. The Hall–Kier alpha value is -0.930. The molecule has 2 nitrogen and oxygen atoms in total. The Balaban J connectivity index is 1.67. The summed E-state index contributed by atoms with van der Waals surface area (Å²) in [6.07, 6.45) is 5.14. The molecule has 1 aliphatic heterocycles. The van der Waals surface area contributed by atoms with Gasteiger partial charge in [0.15, 0.2) is 0 Å². The number of ether oxygens (including phenoxy) is 1. The molecule has 3 heteroatoms. The topological polar surface area (TPSA) is 21.3 Å². The van der Waals surface area contributed by atoms with Gasteiger partial charge < -0.3 is 10.1 Å². The molecule has 0 aromatic heterocycles. The van der Waals surface area contributed by atoms with Crippen LogP contribution in [0.25, 0.3) is 0 Å². The first kappa shape index (κ1) is 13.1. The molecular weight excluding hydrogens is 241 g/mol. The van der Waals surface area contributed by atoms with Crippen LogP contribution in [-0.4, -0.2) is 18.8 Å². The molecule has 0 bridgehead atoms. The standard InChI is InChI=1S/C16H22FNO/c1-2-14(11-5-7-13(17)8-6-11)18-15-9-10-19-16(15)12-3-4-12/h5-8,12,14-16,18H,2-4,9-10H2,1H3. The second kappa shape index (κ2) is 5.59. The van der Waals surface area contributed by atoms with Gasteiger partial charge >= 0.3 is 0 Å². The predicted octanol–water partition coefficient (Wildman–Crippen LogP) is 3.43. The fourth-order valence-corrected chi connectivity index (χ4v) is 3.08. The van der Waals surface area contributed by atoms with Gasteiger partial charge in [0.1, 0.15) is 5.82 Å². The highest BCUT2D eigenvalue weighted by atomic mass is 19.1. The summed E-state index contributed by atoms with van der Waals surface area (Å²) in [4.78, 5) is 0. The molecule has 2 fully saturated rings. The fraction of sp³-hybridized carbons (Fsp3) is 0.625. The Kier molecular flexibility index (Phi) is 3.85. The number of halogens is 1. The van der Waals surface area contributed by atoms with Crippen LogP contribution in [0.3, 0.4) is 0 Å². The summed E-state index contributed by atoms with van der Waals surface area (Å²) in [6, 6.07) is 7.62. The average Bonchev–Trinajstić information content (AvgIpc) is 3.17. The van der Waals surface area contributed by atoms with Gasteiger partial charge in [-0.2, -0.15) is 0 Å². The first-order chi connectivity index (χ1) is 9.28. The summed E-state index contributed by atoms with van der Waals surface area (Å²) in [5.41, 5.74) is 1.17. The molecule has 0 radical (unpaired) electrons. The van der Waals surface area contributed by atoms with E-state index < -0.39 is 0 Å². The highest BCUT2D eigenvalue weighted by Gasteiger charge is 2.41. The molecule has 19 heavy (non-hydrogen) atoms. The fourth-order valence-electron chi connectivity index (χ4n) is 3.08. The summed E-state index contributed by atoms with van der Waals surface area (Å²) in [6.45, 7) is 3.04. The molecule has 2 aliphatic rings. The van der Waals surface area contributed by atoms with Crippen LogP contribution in [0.5, 0.6) is 0 Å². The smallest absolute Gasteiger partial charge is 0.123 e. The van der Waals surface area contributed by atoms with E-state index in [1.165, 1.54) is 18.4 Å². The highest BCUT2D eigenvalue weighted by Crippen LogP contribution is 2.39. The molecule has 1 aromatic carbocycles. The van der Waals surface area contributed by atoms with E-state index in [0.29, 0.717) is 18.2 Å². The van der Waals surface area contributed by atoms with E-state index >= 15 is 0 Å². The Morgan fingerprint density at radius 3 is 2.63 bits per heavy atom. The Labute approximate surface area is 114 Å². The lowest BCUT2D eigenvalue weighted by Crippen LogP contribution is -2.39. The zero-order valence-corrected chi connectivity index (χ0v) is 11.4. The van der Waals surface area contributed by atoms with Gasteiger partial charge in [0.05, 0.1) is 6.10 Å². The van der Waals surface area contributed by atoms with Crippen molar-refractivity contribution >= 4 is 0 Å². The Morgan fingerprint density at radius 2 is 2.00 bits per heavy atom. The van der Waals surface area contributed by atoms with Crippen LogP contribution in [0.4, 0.5) is 4.39 Å². The monoisotopic (exact) mass is 263 g/mol. The third-order valence-corrected chi connectivity index (χ3v) is 4.32. The third kappa shape index (κ3) is 2.98. The zero-order valence-electron chi connectivity index (χ0n) is 11.4. The summed E-state index contributed by atoms with van der Waals surface area (Å²) in [7, 11) is 0. The highest BCUT2D eigenvalue weighted by molar-refractivity contribution is 5.20. The van der Waals surface area contributed by atoms with E-state index in [2.05, 4.69) is 12.2 Å². The van der Waals surface area contributed by atoms with E-state index in [9.17, 15) is 4.39 Å². The number of rotatable bonds is 5. The van der Waals surface area contributed by atoms with Gasteiger partial charge in [-0.05, 0) is 49.3 Å². The molecule has 104 valence electrons. The lowest BCUT2D eigenvalue weighted by atomic mass is 10.00. The molecular formula is C16H22FNO. The number of hydrogen-bond acceptors (Lipinski definition) is 2. The minimum Gasteiger partial charge on any atom is -0.376 e. The van der Waals surface area contributed by atoms with Crippen molar-refractivity contribution in [2.45, 2.75) is 50.8 Å². The molecule has 1 saturated heterocycles. The zero-order chi connectivity index (χ0) is 13.2. The van der Waals surface area contributed by atoms with Gasteiger partial charge in [-0.15, -0.1) is 0 Å². The van der Waals surface area contributed by atoms with Gasteiger partial charge in [-0.1, -0.05) is 19.1 Å². The van der Waals surface area contributed by atoms with E-state index in [4.69, 9.17) is 4.74 Å². The summed E-state index contributed by atoms with van der Waals surface area (Å²) in [5, 5.41) is 3.73. The molecule has 0 spiro atoms. The maximum Gasteiger partial charge on any atom is 0.123 e. The molecule has 3 unspecified atom stereocenters. The predicted molar refractivity (Wildman–Crippen MR) is 73.4 cm³/mol. The van der Waals surface area contributed by atoms with Crippen LogP contribution in [-0.2, 0) is 4.74 Å². The lowest BCUT2D eigenvalue weighted by Gasteiger charge is -2.26. The number of benzene rings is 1. The molecule has 1 saturated carbocycles. The van der Waals surface area contributed by atoms with Crippen molar-refractivity contribution in [1.29, 1.82) is 0 Å². The SMILES string of the molecule is CCC(NC1CCOC1C1CC1)c1ccc(F)cc1. The first-order valence-corrected chi connectivity index (χ1v) is 7.41. The quantitative estimate of drug-likeness (QED) is 0.878. The van der Waals surface area contributed by atoms with Crippen molar-refractivity contribution in [3.05, 3.63) is 35.6 Å². The Morgan fingerprint density at radius 1 is 1.26 bits per heavy atom. The van der Waals surface area contributed by atoms with Gasteiger partial charge in [0.25, 0.3) is 0 Å². The summed E-state index contributed by atoms with van der Waals surface area (Å²) < 4.78 is 18.9. The molecule has 1 aromatic rings. The molecule has 0 amide bonds. The van der Waals surface area contributed by atoms with E-state index in [1.807, 2.05) is 12.1 Å². The minimum atomic E-state index is -0.168. The van der Waals surface area contributed by atoms with Crippen LogP contribution in [0.2, 0.25) is 0 Å².